The second kappa shape index (κ2) is 7.94. The summed E-state index contributed by atoms with van der Waals surface area (Å²) in [6.45, 7) is 6.78. The van der Waals surface area contributed by atoms with E-state index in [2.05, 4.69) is 47.6 Å². The first-order valence-electron chi connectivity index (χ1n) is 8.46. The molecule has 0 aliphatic heterocycles. The molecule has 0 atom stereocenters. The van der Waals surface area contributed by atoms with Crippen molar-refractivity contribution in [1.82, 2.24) is 4.68 Å². The Morgan fingerprint density at radius 3 is 2.42 bits per heavy atom. The van der Waals surface area contributed by atoms with Gasteiger partial charge in [-0.05, 0) is 38.5 Å². The summed E-state index contributed by atoms with van der Waals surface area (Å²) < 4.78 is 1.91. The van der Waals surface area contributed by atoms with Crippen LogP contribution in [0.1, 0.15) is 30.5 Å². The second-order valence-corrected chi connectivity index (χ2v) is 6.77. The number of hydrogen-bond acceptors (Lipinski definition) is 4. The van der Waals surface area contributed by atoms with Gasteiger partial charge in [-0.15, -0.1) is 11.3 Å². The fourth-order valence-corrected chi connectivity index (χ4v) is 3.45. The Kier molecular flexibility index (Phi) is 5.45. The van der Waals surface area contributed by atoms with Crippen molar-refractivity contribution in [3.8, 4) is 17.3 Å². The van der Waals surface area contributed by atoms with E-state index in [1.807, 2.05) is 42.8 Å². The third kappa shape index (κ3) is 3.81. The van der Waals surface area contributed by atoms with Gasteiger partial charge < -0.3 is 0 Å². The van der Waals surface area contributed by atoms with E-state index in [1.54, 1.807) is 11.3 Å². The fraction of sp³-hybridized carbons (Fsp3) is 0.190. The third-order valence-corrected chi connectivity index (χ3v) is 4.86. The molecule has 0 spiro atoms. The molecule has 0 fully saturated rings. The van der Waals surface area contributed by atoms with Gasteiger partial charge in [0.25, 0.3) is 0 Å². The molecule has 0 bridgehead atoms. The number of hydrogen-bond donors (Lipinski definition) is 0. The summed E-state index contributed by atoms with van der Waals surface area (Å²) in [6.07, 6.45) is 0. The van der Waals surface area contributed by atoms with Crippen molar-refractivity contribution in [2.45, 2.75) is 20.8 Å². The van der Waals surface area contributed by atoms with Crippen LogP contribution in [0.25, 0.3) is 11.3 Å². The predicted octanol–water partition coefficient (Wildman–Crippen LogP) is 4.59. The monoisotopic (exact) mass is 360 g/mol. The molecule has 0 N–H and O–H groups in total. The lowest BCUT2D eigenvalue weighted by molar-refractivity contribution is 0.827. The van der Waals surface area contributed by atoms with Crippen LogP contribution in [0.4, 0.5) is 0 Å². The predicted molar refractivity (Wildman–Crippen MR) is 107 cm³/mol. The number of aryl methyl sites for hydroxylation is 1. The highest BCUT2D eigenvalue weighted by Gasteiger charge is 2.08. The maximum atomic E-state index is 8.96. The van der Waals surface area contributed by atoms with Crippen LogP contribution in [0, 0.1) is 18.3 Å². The summed E-state index contributed by atoms with van der Waals surface area (Å²) in [4.78, 5) is 5.45. The molecular formula is C21H20N4S. The van der Waals surface area contributed by atoms with Gasteiger partial charge in [-0.2, -0.15) is 10.4 Å². The van der Waals surface area contributed by atoms with Crippen molar-refractivity contribution < 1.29 is 0 Å². The quantitative estimate of drug-likeness (QED) is 0.628. The zero-order chi connectivity index (χ0) is 18.5. The highest BCUT2D eigenvalue weighted by molar-refractivity contribution is 7.07. The standard InChI is InChI=1S/C21H20N4S/c1-4-23-21-25(20(14-26-21)19-9-5-15(2)6-10-19)24-16(3)18-11-7-17(13-22)8-12-18/h5-12,14H,4H2,1-3H3. The van der Waals surface area contributed by atoms with Gasteiger partial charge in [0.1, 0.15) is 0 Å². The van der Waals surface area contributed by atoms with Crippen LogP contribution < -0.4 is 4.80 Å². The fourth-order valence-electron chi connectivity index (χ4n) is 2.56. The topological polar surface area (TPSA) is 53.4 Å². The van der Waals surface area contributed by atoms with Gasteiger partial charge >= 0.3 is 0 Å². The first-order chi connectivity index (χ1) is 12.6. The summed E-state index contributed by atoms with van der Waals surface area (Å²) in [5, 5.41) is 15.9. The first kappa shape index (κ1) is 17.8. The lowest BCUT2D eigenvalue weighted by Gasteiger charge is -2.07. The minimum atomic E-state index is 0.645. The van der Waals surface area contributed by atoms with Crippen LogP contribution in [0.5, 0.6) is 0 Å². The molecular weight excluding hydrogens is 340 g/mol. The Bertz CT molecular complexity index is 1030. The molecule has 0 saturated heterocycles. The molecule has 0 radical (unpaired) electrons. The Morgan fingerprint density at radius 1 is 1.12 bits per heavy atom. The van der Waals surface area contributed by atoms with Gasteiger partial charge in [0, 0.05) is 17.5 Å². The van der Waals surface area contributed by atoms with Crippen molar-refractivity contribution in [3.63, 3.8) is 0 Å². The normalized spacial score (nSPS) is 12.2. The van der Waals surface area contributed by atoms with Crippen LogP contribution in [0.2, 0.25) is 0 Å². The Labute approximate surface area is 157 Å². The number of rotatable bonds is 4. The molecule has 3 rings (SSSR count). The van der Waals surface area contributed by atoms with Crippen molar-refractivity contribution in [1.29, 1.82) is 5.26 Å². The molecule has 1 aromatic heterocycles. The van der Waals surface area contributed by atoms with Gasteiger partial charge in [0.2, 0.25) is 4.80 Å². The molecule has 26 heavy (non-hydrogen) atoms. The Balaban J connectivity index is 2.10. The van der Waals surface area contributed by atoms with E-state index in [-0.39, 0.29) is 0 Å². The number of benzene rings is 2. The van der Waals surface area contributed by atoms with Gasteiger partial charge in [0.05, 0.1) is 23.0 Å². The van der Waals surface area contributed by atoms with Crippen LogP contribution in [-0.2, 0) is 0 Å². The number of nitrogens with zero attached hydrogens (tertiary/aromatic N) is 4. The van der Waals surface area contributed by atoms with Crippen molar-refractivity contribution in [3.05, 3.63) is 75.4 Å². The van der Waals surface area contributed by atoms with E-state index in [9.17, 15) is 0 Å². The van der Waals surface area contributed by atoms with E-state index < -0.39 is 0 Å². The van der Waals surface area contributed by atoms with Crippen molar-refractivity contribution in [2.75, 3.05) is 6.54 Å². The molecule has 130 valence electrons. The number of aromatic nitrogens is 1. The molecule has 5 heteroatoms. The summed E-state index contributed by atoms with van der Waals surface area (Å²) in [5.74, 6) is 0. The van der Waals surface area contributed by atoms with Gasteiger partial charge in [-0.3, -0.25) is 4.99 Å². The smallest absolute Gasteiger partial charge is 0.206 e. The molecule has 3 aromatic rings. The maximum Gasteiger partial charge on any atom is 0.206 e. The van der Waals surface area contributed by atoms with Crippen LogP contribution in [0.15, 0.2) is 64.0 Å². The molecule has 1 heterocycles. The number of nitriles is 1. The lowest BCUT2D eigenvalue weighted by atomic mass is 10.1. The minimum absolute atomic E-state index is 0.645. The van der Waals surface area contributed by atoms with E-state index >= 15 is 0 Å². The molecule has 0 unspecified atom stereocenters. The average Bonchev–Trinajstić information content (AvgIpc) is 3.05. The van der Waals surface area contributed by atoms with Crippen LogP contribution in [-0.4, -0.2) is 16.9 Å². The summed E-state index contributed by atoms with van der Waals surface area (Å²) in [5.41, 5.74) is 5.87. The average molecular weight is 360 g/mol. The molecule has 0 aliphatic rings. The molecule has 0 aliphatic carbocycles. The highest BCUT2D eigenvalue weighted by Crippen LogP contribution is 2.21. The first-order valence-corrected chi connectivity index (χ1v) is 9.34. The summed E-state index contributed by atoms with van der Waals surface area (Å²) >= 11 is 1.59. The third-order valence-electron chi connectivity index (χ3n) is 4.01. The second-order valence-electron chi connectivity index (χ2n) is 5.93. The van der Waals surface area contributed by atoms with Gasteiger partial charge in [-0.1, -0.05) is 42.0 Å². The molecule has 4 nitrogen and oxygen atoms in total. The van der Waals surface area contributed by atoms with Crippen molar-refractivity contribution >= 4 is 17.0 Å². The Morgan fingerprint density at radius 2 is 1.81 bits per heavy atom. The van der Waals surface area contributed by atoms with Gasteiger partial charge in [-0.25, -0.2) is 4.68 Å². The molecule has 2 aromatic carbocycles. The number of thiazole rings is 1. The summed E-state index contributed by atoms with van der Waals surface area (Å²) in [7, 11) is 0. The lowest BCUT2D eigenvalue weighted by Crippen LogP contribution is -2.14. The van der Waals surface area contributed by atoms with E-state index in [0.29, 0.717) is 12.1 Å². The van der Waals surface area contributed by atoms with E-state index in [0.717, 1.165) is 27.3 Å². The summed E-state index contributed by atoms with van der Waals surface area (Å²) in [6, 6.07) is 18.0. The molecule has 0 saturated carbocycles. The Hall–Kier alpha value is -2.97. The van der Waals surface area contributed by atoms with Crippen molar-refractivity contribution in [2.24, 2.45) is 10.1 Å². The largest absolute Gasteiger partial charge is 0.258 e. The zero-order valence-corrected chi connectivity index (χ0v) is 15.9. The van der Waals surface area contributed by atoms with Crippen LogP contribution >= 0.6 is 11.3 Å². The minimum Gasteiger partial charge on any atom is -0.258 e. The maximum absolute atomic E-state index is 8.96. The van der Waals surface area contributed by atoms with Gasteiger partial charge in [0.15, 0.2) is 0 Å². The van der Waals surface area contributed by atoms with Crippen LogP contribution in [0.3, 0.4) is 0 Å². The zero-order valence-electron chi connectivity index (χ0n) is 15.1. The van der Waals surface area contributed by atoms with E-state index in [1.165, 1.54) is 5.56 Å². The molecule has 0 amide bonds. The SMILES string of the molecule is CCN=c1scc(-c2ccc(C)cc2)n1N=C(C)c1ccc(C#N)cc1. The van der Waals surface area contributed by atoms with E-state index in [4.69, 9.17) is 10.4 Å². The highest BCUT2D eigenvalue weighted by atomic mass is 32.1.